The minimum Gasteiger partial charge on any atom is -0.310 e. The monoisotopic (exact) mass is 352 g/mol. The Hall–Kier alpha value is -0.900. The third-order valence-corrected chi connectivity index (χ3v) is 3.77. The van der Waals surface area contributed by atoms with Gasteiger partial charge in [0.15, 0.2) is 0 Å². The van der Waals surface area contributed by atoms with Crippen LogP contribution in [-0.4, -0.2) is 11.5 Å². The van der Waals surface area contributed by atoms with E-state index in [0.29, 0.717) is 0 Å². The fourth-order valence-electron chi connectivity index (χ4n) is 2.32. The number of hydrogen-bond donors (Lipinski definition) is 1. The number of halogens is 2. The zero-order valence-corrected chi connectivity index (χ0v) is 14.0. The van der Waals surface area contributed by atoms with Crippen LogP contribution in [-0.2, 0) is 6.42 Å². The molecule has 1 unspecified atom stereocenters. The van der Waals surface area contributed by atoms with Gasteiger partial charge in [0.05, 0.1) is 0 Å². The average molecular weight is 354 g/mol. The molecule has 1 aromatic carbocycles. The lowest BCUT2D eigenvalue weighted by molar-refractivity contribution is 0.549. The maximum Gasteiger partial charge on any atom is 0.0411 e. The van der Waals surface area contributed by atoms with E-state index in [-0.39, 0.29) is 6.04 Å². The molecule has 0 bridgehead atoms. The van der Waals surface area contributed by atoms with Gasteiger partial charge in [0.25, 0.3) is 0 Å². The van der Waals surface area contributed by atoms with Crippen LogP contribution in [0.15, 0.2) is 41.1 Å². The molecule has 106 valence electrons. The lowest BCUT2D eigenvalue weighted by Crippen LogP contribution is -2.23. The van der Waals surface area contributed by atoms with Crippen LogP contribution in [0, 0.1) is 6.92 Å². The van der Waals surface area contributed by atoms with E-state index in [4.69, 9.17) is 11.6 Å². The van der Waals surface area contributed by atoms with E-state index in [2.05, 4.69) is 52.2 Å². The topological polar surface area (TPSA) is 24.9 Å². The van der Waals surface area contributed by atoms with Crippen LogP contribution in [0.5, 0.6) is 0 Å². The summed E-state index contributed by atoms with van der Waals surface area (Å²) in [6.07, 6.45) is 4.60. The van der Waals surface area contributed by atoms with Crippen molar-refractivity contribution in [1.82, 2.24) is 10.3 Å². The minimum atomic E-state index is 0.244. The van der Waals surface area contributed by atoms with Crippen molar-refractivity contribution in [3.63, 3.8) is 0 Å². The molecule has 0 amide bonds. The SMILES string of the molecule is CCNC(Cc1cncc(Br)c1)c1cc(C)cc(Cl)c1. The number of nitrogens with one attached hydrogen (secondary N) is 1. The third-order valence-electron chi connectivity index (χ3n) is 3.12. The van der Waals surface area contributed by atoms with Gasteiger partial charge < -0.3 is 5.32 Å². The smallest absolute Gasteiger partial charge is 0.0411 e. The predicted octanol–water partition coefficient (Wildman–Crippen LogP) is 4.70. The van der Waals surface area contributed by atoms with Gasteiger partial charge in [0.2, 0.25) is 0 Å². The van der Waals surface area contributed by atoms with Gasteiger partial charge in [-0.1, -0.05) is 24.6 Å². The van der Waals surface area contributed by atoms with Gasteiger partial charge in [-0.05, 0) is 70.7 Å². The molecule has 1 aromatic heterocycles. The normalized spacial score (nSPS) is 12.4. The minimum absolute atomic E-state index is 0.244. The van der Waals surface area contributed by atoms with Gasteiger partial charge >= 0.3 is 0 Å². The Bertz CT molecular complexity index is 566. The summed E-state index contributed by atoms with van der Waals surface area (Å²) in [4.78, 5) is 4.23. The van der Waals surface area contributed by atoms with E-state index in [9.17, 15) is 0 Å². The molecule has 2 aromatic rings. The maximum atomic E-state index is 6.17. The Morgan fingerprint density at radius 3 is 2.70 bits per heavy atom. The van der Waals surface area contributed by atoms with Crippen molar-refractivity contribution < 1.29 is 0 Å². The van der Waals surface area contributed by atoms with Crippen molar-refractivity contribution >= 4 is 27.5 Å². The number of aryl methyl sites for hydroxylation is 1. The molecule has 2 nitrogen and oxygen atoms in total. The Morgan fingerprint density at radius 1 is 1.25 bits per heavy atom. The molecule has 0 aliphatic heterocycles. The zero-order chi connectivity index (χ0) is 14.5. The molecule has 20 heavy (non-hydrogen) atoms. The van der Waals surface area contributed by atoms with Gasteiger partial charge in [-0.3, -0.25) is 4.98 Å². The van der Waals surface area contributed by atoms with Crippen molar-refractivity contribution in [1.29, 1.82) is 0 Å². The summed E-state index contributed by atoms with van der Waals surface area (Å²) in [5, 5.41) is 4.31. The second kappa shape index (κ2) is 7.21. The van der Waals surface area contributed by atoms with Gasteiger partial charge in [0.1, 0.15) is 0 Å². The van der Waals surface area contributed by atoms with Crippen molar-refractivity contribution in [2.75, 3.05) is 6.54 Å². The lowest BCUT2D eigenvalue weighted by Gasteiger charge is -2.19. The van der Waals surface area contributed by atoms with Crippen molar-refractivity contribution in [2.24, 2.45) is 0 Å². The largest absolute Gasteiger partial charge is 0.310 e. The summed E-state index contributed by atoms with van der Waals surface area (Å²) in [5.41, 5.74) is 3.60. The summed E-state index contributed by atoms with van der Waals surface area (Å²) in [6.45, 7) is 5.10. The highest BCUT2D eigenvalue weighted by Gasteiger charge is 2.12. The highest BCUT2D eigenvalue weighted by molar-refractivity contribution is 9.10. The van der Waals surface area contributed by atoms with E-state index in [1.54, 1.807) is 6.20 Å². The van der Waals surface area contributed by atoms with E-state index in [1.807, 2.05) is 18.3 Å². The van der Waals surface area contributed by atoms with Crippen LogP contribution in [0.25, 0.3) is 0 Å². The second-order valence-corrected chi connectivity index (χ2v) is 6.24. The van der Waals surface area contributed by atoms with Gasteiger partial charge in [0, 0.05) is 27.9 Å². The first-order valence-electron chi connectivity index (χ1n) is 6.68. The molecule has 0 saturated carbocycles. The standard InChI is InChI=1S/C16H18BrClN2/c1-3-20-16(7-12-6-14(17)10-19-9-12)13-4-11(2)5-15(18)8-13/h4-6,8-10,16,20H,3,7H2,1-2H3. The maximum absolute atomic E-state index is 6.17. The number of likely N-dealkylation sites (N-methyl/N-ethyl adjacent to an activating group) is 1. The van der Waals surface area contributed by atoms with Crippen LogP contribution in [0.1, 0.15) is 29.7 Å². The third kappa shape index (κ3) is 4.30. The Labute approximate surface area is 133 Å². The van der Waals surface area contributed by atoms with Gasteiger partial charge in [-0.25, -0.2) is 0 Å². The molecule has 0 radical (unpaired) electrons. The van der Waals surface area contributed by atoms with Crippen LogP contribution < -0.4 is 5.32 Å². The van der Waals surface area contributed by atoms with Crippen molar-refractivity contribution in [2.45, 2.75) is 26.3 Å². The van der Waals surface area contributed by atoms with Gasteiger partial charge in [-0.2, -0.15) is 0 Å². The first-order chi connectivity index (χ1) is 9.58. The van der Waals surface area contributed by atoms with E-state index in [1.165, 1.54) is 16.7 Å². The van der Waals surface area contributed by atoms with Crippen molar-refractivity contribution in [3.8, 4) is 0 Å². The summed E-state index contributed by atoms with van der Waals surface area (Å²) in [7, 11) is 0. The lowest BCUT2D eigenvalue weighted by atomic mass is 9.98. The predicted molar refractivity (Wildman–Crippen MR) is 88.2 cm³/mol. The zero-order valence-electron chi connectivity index (χ0n) is 11.7. The molecule has 2 rings (SSSR count). The summed E-state index contributed by atoms with van der Waals surface area (Å²) in [5.74, 6) is 0. The molecule has 4 heteroatoms. The number of aromatic nitrogens is 1. The van der Waals surface area contributed by atoms with Crippen LogP contribution >= 0.6 is 27.5 Å². The van der Waals surface area contributed by atoms with E-state index >= 15 is 0 Å². The number of rotatable bonds is 5. The molecule has 0 aliphatic rings. The summed E-state index contributed by atoms with van der Waals surface area (Å²) < 4.78 is 1.01. The first kappa shape index (κ1) is 15.5. The second-order valence-electron chi connectivity index (χ2n) is 4.89. The quantitative estimate of drug-likeness (QED) is 0.843. The Kier molecular flexibility index (Phi) is 5.58. The fraction of sp³-hybridized carbons (Fsp3) is 0.312. The number of pyridine rings is 1. The van der Waals surface area contributed by atoms with Crippen LogP contribution in [0.2, 0.25) is 5.02 Å². The van der Waals surface area contributed by atoms with Gasteiger partial charge in [-0.15, -0.1) is 0 Å². The van der Waals surface area contributed by atoms with E-state index in [0.717, 1.165) is 22.5 Å². The molecular weight excluding hydrogens is 336 g/mol. The molecule has 0 saturated heterocycles. The molecule has 0 aliphatic carbocycles. The number of nitrogens with zero attached hydrogens (tertiary/aromatic N) is 1. The fourth-order valence-corrected chi connectivity index (χ4v) is 3.03. The molecule has 0 fully saturated rings. The van der Waals surface area contributed by atoms with E-state index < -0.39 is 0 Å². The van der Waals surface area contributed by atoms with Crippen molar-refractivity contribution in [3.05, 3.63) is 62.8 Å². The molecule has 0 spiro atoms. The molecule has 1 N–H and O–H groups in total. The first-order valence-corrected chi connectivity index (χ1v) is 7.85. The Balaban J connectivity index is 2.26. The Morgan fingerprint density at radius 2 is 2.05 bits per heavy atom. The highest BCUT2D eigenvalue weighted by atomic mass is 79.9. The van der Waals surface area contributed by atoms with Crippen LogP contribution in [0.3, 0.4) is 0 Å². The van der Waals surface area contributed by atoms with Crippen LogP contribution in [0.4, 0.5) is 0 Å². The molecule has 1 heterocycles. The summed E-state index contributed by atoms with van der Waals surface area (Å²) in [6, 6.07) is 8.55. The molecule has 1 atom stereocenters. The molecular formula is C16H18BrClN2. The number of benzene rings is 1. The average Bonchev–Trinajstić information content (AvgIpc) is 2.37. The highest BCUT2D eigenvalue weighted by Crippen LogP contribution is 2.24. The number of hydrogen-bond acceptors (Lipinski definition) is 2. The summed E-state index contributed by atoms with van der Waals surface area (Å²) >= 11 is 9.64.